The Balaban J connectivity index is 0.00000225. The van der Waals surface area contributed by atoms with E-state index in [2.05, 4.69) is 13.1 Å². The van der Waals surface area contributed by atoms with Crippen LogP contribution in [0.25, 0.3) is 22.5 Å². The summed E-state index contributed by atoms with van der Waals surface area (Å²) >= 11 is 10.8. The predicted molar refractivity (Wildman–Crippen MR) is 112 cm³/mol. The molecule has 2 aromatic carbocycles. The molecule has 4 rings (SSSR count). The molecule has 0 aliphatic rings. The Bertz CT molecular complexity index is 1030. The SMILES string of the molecule is C[Si](C)(c1nc(-c2ccccc2[S-])co1)c1nc(-c2ccccc2[S-])co1.[Pt+2]. The number of oxazole rings is 2. The van der Waals surface area contributed by atoms with Gasteiger partial charge in [0, 0.05) is 0 Å². The van der Waals surface area contributed by atoms with Crippen molar-refractivity contribution in [2.45, 2.75) is 22.9 Å². The van der Waals surface area contributed by atoms with Gasteiger partial charge in [0.15, 0.2) is 11.0 Å². The van der Waals surface area contributed by atoms with Gasteiger partial charge < -0.3 is 34.1 Å². The third kappa shape index (κ3) is 3.85. The Hall–Kier alpha value is -1.79. The van der Waals surface area contributed by atoms with Crippen molar-refractivity contribution in [2.75, 3.05) is 0 Å². The van der Waals surface area contributed by atoms with E-state index in [0.717, 1.165) is 32.3 Å². The smallest absolute Gasteiger partial charge is 0.779 e. The summed E-state index contributed by atoms with van der Waals surface area (Å²) in [4.78, 5) is 10.9. The third-order valence-electron chi connectivity index (χ3n) is 4.40. The average Bonchev–Trinajstić information content (AvgIpc) is 3.33. The molecule has 0 bridgehead atoms. The van der Waals surface area contributed by atoms with E-state index in [-0.39, 0.29) is 21.1 Å². The zero-order chi connectivity index (χ0) is 19.0. The van der Waals surface area contributed by atoms with Crippen LogP contribution in [-0.2, 0) is 46.3 Å². The van der Waals surface area contributed by atoms with Crippen molar-refractivity contribution in [1.29, 1.82) is 0 Å². The number of nitrogens with zero attached hydrogens (tertiary/aromatic N) is 2. The number of hydrogen-bond donors (Lipinski definition) is 0. The van der Waals surface area contributed by atoms with E-state index in [1.165, 1.54) is 0 Å². The number of aromatic nitrogens is 2. The second-order valence-electron chi connectivity index (χ2n) is 6.69. The molecule has 4 nitrogen and oxygen atoms in total. The number of benzene rings is 2. The van der Waals surface area contributed by atoms with Crippen LogP contribution >= 0.6 is 0 Å². The molecule has 0 saturated heterocycles. The van der Waals surface area contributed by atoms with Crippen LogP contribution in [0.3, 0.4) is 0 Å². The van der Waals surface area contributed by atoms with Crippen molar-refractivity contribution < 1.29 is 29.9 Å². The van der Waals surface area contributed by atoms with Crippen molar-refractivity contribution in [3.05, 3.63) is 61.1 Å². The van der Waals surface area contributed by atoms with Gasteiger partial charge >= 0.3 is 21.1 Å². The molecule has 2 aromatic heterocycles. The van der Waals surface area contributed by atoms with Gasteiger partial charge in [0.2, 0.25) is 8.07 Å². The first-order valence-corrected chi connectivity index (χ1v) is 12.2. The molecule has 0 N–H and O–H groups in total. The Kier molecular flexibility index (Phi) is 6.20. The molecule has 0 atom stereocenters. The zero-order valence-corrected chi connectivity index (χ0v) is 20.0. The van der Waals surface area contributed by atoms with Crippen LogP contribution in [0.2, 0.25) is 13.1 Å². The van der Waals surface area contributed by atoms with Gasteiger partial charge in [0.05, 0.1) is 0 Å². The van der Waals surface area contributed by atoms with E-state index >= 15 is 0 Å². The zero-order valence-electron chi connectivity index (χ0n) is 15.1. The van der Waals surface area contributed by atoms with Crippen molar-refractivity contribution in [2.24, 2.45) is 0 Å². The van der Waals surface area contributed by atoms with Gasteiger partial charge in [-0.3, -0.25) is 0 Å². The summed E-state index contributed by atoms with van der Waals surface area (Å²) in [6, 6.07) is 15.4. The van der Waals surface area contributed by atoms with Gasteiger partial charge in [0.1, 0.15) is 23.9 Å². The molecular weight excluding hydrogens is 588 g/mol. The van der Waals surface area contributed by atoms with Crippen molar-refractivity contribution >= 4 is 44.4 Å². The van der Waals surface area contributed by atoms with Gasteiger partial charge in [-0.1, -0.05) is 61.6 Å². The second kappa shape index (κ2) is 8.29. The molecule has 144 valence electrons. The van der Waals surface area contributed by atoms with E-state index in [1.54, 1.807) is 12.5 Å². The second-order valence-corrected chi connectivity index (χ2v) is 11.7. The minimum atomic E-state index is -2.34. The van der Waals surface area contributed by atoms with Gasteiger partial charge in [-0.15, -0.1) is 0 Å². The molecule has 0 aliphatic heterocycles. The molecule has 0 fully saturated rings. The van der Waals surface area contributed by atoms with Crippen LogP contribution in [0.15, 0.2) is 79.7 Å². The predicted octanol–water partition coefficient (Wildman–Crippen LogP) is 3.63. The van der Waals surface area contributed by atoms with Crippen LogP contribution in [0.4, 0.5) is 0 Å². The number of rotatable bonds is 4. The van der Waals surface area contributed by atoms with Gasteiger partial charge in [0.25, 0.3) is 0 Å². The maximum atomic E-state index is 5.82. The summed E-state index contributed by atoms with van der Waals surface area (Å²) in [6.07, 6.45) is 3.30. The minimum Gasteiger partial charge on any atom is -0.779 e. The monoisotopic (exact) mass is 603 g/mol. The maximum absolute atomic E-state index is 5.82. The molecule has 2 heterocycles. The van der Waals surface area contributed by atoms with Crippen LogP contribution < -0.4 is 11.0 Å². The molecule has 8 heteroatoms. The Morgan fingerprint density at radius 3 is 1.50 bits per heavy atom. The van der Waals surface area contributed by atoms with Crippen LogP contribution in [0.5, 0.6) is 0 Å². The fourth-order valence-corrected chi connectivity index (χ4v) is 5.01. The summed E-state index contributed by atoms with van der Waals surface area (Å²) in [6.45, 7) is 4.19. The standard InChI is InChI=1S/C20H18N2O2S2Si.Pt/c1-27(2,19-21-15(11-23-19)13-7-3-5-9-17(13)25)20-22-16(12-24-20)14-8-4-6-10-18(14)26;/h3-12,25-26H,1-2H3;/q;+2/p-2. The normalized spacial score (nSPS) is 11.2. The van der Waals surface area contributed by atoms with Gasteiger partial charge in [-0.25, -0.2) is 9.97 Å². The average molecular weight is 604 g/mol. The van der Waals surface area contributed by atoms with Crippen molar-refractivity contribution in [1.82, 2.24) is 9.97 Å². The van der Waals surface area contributed by atoms with E-state index in [4.69, 9.17) is 44.1 Å². The molecule has 0 radical (unpaired) electrons. The molecule has 4 aromatic rings. The fraction of sp³-hybridized carbons (Fsp3) is 0.100. The van der Waals surface area contributed by atoms with Crippen LogP contribution in [0, 0.1) is 0 Å². The Labute approximate surface area is 189 Å². The van der Waals surface area contributed by atoms with Crippen LogP contribution in [-0.4, -0.2) is 18.0 Å². The molecule has 0 amide bonds. The Morgan fingerprint density at radius 1 is 0.714 bits per heavy atom. The molecule has 0 unspecified atom stereocenters. The van der Waals surface area contributed by atoms with E-state index in [0.29, 0.717) is 11.0 Å². The summed E-state index contributed by atoms with van der Waals surface area (Å²) in [5.74, 6) is 0. The topological polar surface area (TPSA) is 52.1 Å². The first-order chi connectivity index (χ1) is 13.0. The largest absolute Gasteiger partial charge is 2.00 e. The summed E-state index contributed by atoms with van der Waals surface area (Å²) in [7, 11) is -2.34. The van der Waals surface area contributed by atoms with Crippen molar-refractivity contribution in [3.8, 4) is 22.5 Å². The first kappa shape index (κ1) is 20.9. The summed E-state index contributed by atoms with van der Waals surface area (Å²) < 4.78 is 11.6. The molecule has 0 saturated carbocycles. The molecule has 28 heavy (non-hydrogen) atoms. The minimum absolute atomic E-state index is 0. The van der Waals surface area contributed by atoms with Gasteiger partial charge in [-0.2, -0.15) is 9.79 Å². The third-order valence-corrected chi connectivity index (χ3v) is 7.71. The van der Waals surface area contributed by atoms with E-state index in [1.807, 2.05) is 48.5 Å². The Morgan fingerprint density at radius 2 is 1.11 bits per heavy atom. The quantitative estimate of drug-likeness (QED) is 0.263. The van der Waals surface area contributed by atoms with Gasteiger partial charge in [-0.05, 0) is 11.1 Å². The van der Waals surface area contributed by atoms with Crippen molar-refractivity contribution in [3.63, 3.8) is 0 Å². The summed E-state index contributed by atoms with van der Waals surface area (Å²) in [5, 5.41) is 0. The van der Waals surface area contributed by atoms with Crippen LogP contribution in [0.1, 0.15) is 0 Å². The number of hydrogen-bond acceptors (Lipinski definition) is 6. The molecule has 0 aliphatic carbocycles. The molecular formula is C20H16N2O2PtS2Si. The van der Waals surface area contributed by atoms with E-state index in [9.17, 15) is 0 Å². The first-order valence-electron chi connectivity index (χ1n) is 8.41. The summed E-state index contributed by atoms with van der Waals surface area (Å²) in [5.41, 5.74) is 4.55. The maximum Gasteiger partial charge on any atom is 2.00 e. The fourth-order valence-electron chi connectivity index (χ4n) is 2.82. The van der Waals surface area contributed by atoms with E-state index < -0.39 is 8.07 Å². The molecule has 0 spiro atoms.